The van der Waals surface area contributed by atoms with Crippen molar-refractivity contribution in [1.82, 2.24) is 10.2 Å². The maximum absolute atomic E-state index is 12.6. The van der Waals surface area contributed by atoms with Crippen LogP contribution in [0.3, 0.4) is 0 Å². The van der Waals surface area contributed by atoms with Crippen LogP contribution in [0.4, 0.5) is 0 Å². The smallest absolute Gasteiger partial charge is 0.230 e. The predicted octanol–water partition coefficient (Wildman–Crippen LogP) is 0.100. The second-order valence-corrected chi connectivity index (χ2v) is 5.96. The molecular formula is C13H23N3O2. The van der Waals surface area contributed by atoms with E-state index in [2.05, 4.69) is 12.2 Å². The van der Waals surface area contributed by atoms with Crippen molar-refractivity contribution in [3.05, 3.63) is 0 Å². The maximum Gasteiger partial charge on any atom is 0.230 e. The molecule has 5 heteroatoms. The predicted molar refractivity (Wildman–Crippen MR) is 68.7 cm³/mol. The summed E-state index contributed by atoms with van der Waals surface area (Å²) >= 11 is 0. The van der Waals surface area contributed by atoms with Gasteiger partial charge in [0.15, 0.2) is 0 Å². The van der Waals surface area contributed by atoms with E-state index < -0.39 is 5.41 Å². The van der Waals surface area contributed by atoms with E-state index in [1.165, 1.54) is 0 Å². The first kappa shape index (κ1) is 13.3. The highest BCUT2D eigenvalue weighted by atomic mass is 16.2. The molecule has 0 saturated carbocycles. The molecule has 0 spiro atoms. The second-order valence-electron chi connectivity index (χ2n) is 5.96. The third-order valence-electron chi connectivity index (χ3n) is 4.73. The molecule has 2 amide bonds. The number of rotatable bonds is 3. The van der Waals surface area contributed by atoms with E-state index in [4.69, 9.17) is 5.73 Å². The lowest BCUT2D eigenvalue weighted by molar-refractivity contribution is -0.141. The number of likely N-dealkylation sites (tertiary alicyclic amines) is 1. The number of nitrogens with one attached hydrogen (secondary N) is 1. The molecule has 2 heterocycles. The standard InChI is InChI=1S/C13H23N3O2/c1-3-13(4-6-15-8-13)11(18)16-7-5-12(2,9-16)10(14)17/h15H,3-9H2,1-2H3,(H2,14,17). The largest absolute Gasteiger partial charge is 0.369 e. The fourth-order valence-electron chi connectivity index (χ4n) is 3.05. The van der Waals surface area contributed by atoms with E-state index in [1.807, 2.05) is 11.8 Å². The van der Waals surface area contributed by atoms with Gasteiger partial charge in [-0.05, 0) is 32.7 Å². The Hall–Kier alpha value is -1.10. The van der Waals surface area contributed by atoms with Crippen molar-refractivity contribution in [2.24, 2.45) is 16.6 Å². The van der Waals surface area contributed by atoms with Gasteiger partial charge in [0.05, 0.1) is 10.8 Å². The minimum absolute atomic E-state index is 0.194. The summed E-state index contributed by atoms with van der Waals surface area (Å²) in [4.78, 5) is 25.9. The minimum atomic E-state index is -0.545. The Kier molecular flexibility index (Phi) is 3.36. The highest BCUT2D eigenvalue weighted by Crippen LogP contribution is 2.36. The fraction of sp³-hybridized carbons (Fsp3) is 0.846. The van der Waals surface area contributed by atoms with Crippen LogP contribution in [0.15, 0.2) is 0 Å². The summed E-state index contributed by atoms with van der Waals surface area (Å²) in [5.41, 5.74) is 4.62. The number of carbonyl (C=O) groups excluding carboxylic acids is 2. The van der Waals surface area contributed by atoms with Gasteiger partial charge in [-0.15, -0.1) is 0 Å². The summed E-state index contributed by atoms with van der Waals surface area (Å²) in [5.74, 6) is -0.104. The van der Waals surface area contributed by atoms with Gasteiger partial charge in [0.1, 0.15) is 0 Å². The first-order valence-electron chi connectivity index (χ1n) is 6.73. The number of nitrogens with zero attached hydrogens (tertiary/aromatic N) is 1. The summed E-state index contributed by atoms with van der Waals surface area (Å²) < 4.78 is 0. The van der Waals surface area contributed by atoms with Crippen molar-refractivity contribution in [2.75, 3.05) is 26.2 Å². The van der Waals surface area contributed by atoms with Crippen molar-refractivity contribution in [3.8, 4) is 0 Å². The Morgan fingerprint density at radius 1 is 1.39 bits per heavy atom. The SMILES string of the molecule is CCC1(C(=O)N2CCC(C)(C(N)=O)C2)CCNC1. The van der Waals surface area contributed by atoms with Gasteiger partial charge in [-0.25, -0.2) is 0 Å². The molecule has 2 aliphatic rings. The molecule has 2 unspecified atom stereocenters. The van der Waals surface area contributed by atoms with Gasteiger partial charge in [-0.3, -0.25) is 9.59 Å². The molecule has 2 aliphatic heterocycles. The Morgan fingerprint density at radius 2 is 2.11 bits per heavy atom. The van der Waals surface area contributed by atoms with E-state index in [1.54, 1.807) is 0 Å². The van der Waals surface area contributed by atoms with Crippen LogP contribution in [0.1, 0.15) is 33.1 Å². The number of nitrogens with two attached hydrogens (primary N) is 1. The topological polar surface area (TPSA) is 75.4 Å². The van der Waals surface area contributed by atoms with Crippen molar-refractivity contribution < 1.29 is 9.59 Å². The Labute approximate surface area is 108 Å². The highest BCUT2D eigenvalue weighted by Gasteiger charge is 2.47. The van der Waals surface area contributed by atoms with Crippen LogP contribution >= 0.6 is 0 Å². The number of primary amides is 1. The summed E-state index contributed by atoms with van der Waals surface area (Å²) in [6, 6.07) is 0. The normalized spacial score (nSPS) is 36.0. The quantitative estimate of drug-likeness (QED) is 0.749. The van der Waals surface area contributed by atoms with E-state index >= 15 is 0 Å². The van der Waals surface area contributed by atoms with Crippen LogP contribution in [0.5, 0.6) is 0 Å². The second kappa shape index (κ2) is 4.53. The first-order valence-corrected chi connectivity index (χ1v) is 6.73. The van der Waals surface area contributed by atoms with Crippen molar-refractivity contribution in [3.63, 3.8) is 0 Å². The number of carbonyl (C=O) groups is 2. The molecule has 2 atom stereocenters. The molecule has 0 aliphatic carbocycles. The van der Waals surface area contributed by atoms with Crippen LogP contribution in [0, 0.1) is 10.8 Å². The molecule has 0 aromatic carbocycles. The lowest BCUT2D eigenvalue weighted by Gasteiger charge is -2.31. The average Bonchev–Trinajstić information content (AvgIpc) is 2.96. The number of hydrogen-bond acceptors (Lipinski definition) is 3. The van der Waals surface area contributed by atoms with Gasteiger partial charge >= 0.3 is 0 Å². The molecule has 3 N–H and O–H groups in total. The molecule has 2 fully saturated rings. The van der Waals surface area contributed by atoms with E-state index in [-0.39, 0.29) is 17.2 Å². The van der Waals surface area contributed by atoms with Crippen LogP contribution in [-0.4, -0.2) is 42.9 Å². The molecule has 2 rings (SSSR count). The molecule has 5 nitrogen and oxygen atoms in total. The van der Waals surface area contributed by atoms with Crippen LogP contribution in [-0.2, 0) is 9.59 Å². The molecule has 0 aromatic rings. The van der Waals surface area contributed by atoms with E-state index in [0.29, 0.717) is 19.5 Å². The lowest BCUT2D eigenvalue weighted by atomic mass is 9.82. The van der Waals surface area contributed by atoms with Gasteiger partial charge < -0.3 is 16.0 Å². The van der Waals surface area contributed by atoms with Crippen molar-refractivity contribution in [1.29, 1.82) is 0 Å². The average molecular weight is 253 g/mol. The molecule has 0 aromatic heterocycles. The molecular weight excluding hydrogens is 230 g/mol. The highest BCUT2D eigenvalue weighted by molar-refractivity contribution is 5.86. The van der Waals surface area contributed by atoms with E-state index in [9.17, 15) is 9.59 Å². The van der Waals surface area contributed by atoms with Crippen molar-refractivity contribution >= 4 is 11.8 Å². The van der Waals surface area contributed by atoms with Gasteiger partial charge in [0.2, 0.25) is 11.8 Å². The van der Waals surface area contributed by atoms with Crippen LogP contribution in [0.2, 0.25) is 0 Å². The zero-order valence-electron chi connectivity index (χ0n) is 11.3. The number of hydrogen-bond donors (Lipinski definition) is 2. The summed E-state index contributed by atoms with van der Waals surface area (Å²) in [5, 5.41) is 3.27. The van der Waals surface area contributed by atoms with Crippen LogP contribution < -0.4 is 11.1 Å². The zero-order valence-corrected chi connectivity index (χ0v) is 11.3. The molecule has 0 bridgehead atoms. The van der Waals surface area contributed by atoms with Crippen molar-refractivity contribution in [2.45, 2.75) is 33.1 Å². The zero-order chi connectivity index (χ0) is 13.4. The Balaban J connectivity index is 2.10. The molecule has 2 saturated heterocycles. The number of amides is 2. The summed E-state index contributed by atoms with van der Waals surface area (Å²) in [6.07, 6.45) is 2.43. The van der Waals surface area contributed by atoms with Gasteiger partial charge in [-0.2, -0.15) is 0 Å². The van der Waals surface area contributed by atoms with Crippen LogP contribution in [0.25, 0.3) is 0 Å². The molecule has 0 radical (unpaired) electrons. The van der Waals surface area contributed by atoms with E-state index in [0.717, 1.165) is 25.9 Å². The maximum atomic E-state index is 12.6. The third-order valence-corrected chi connectivity index (χ3v) is 4.73. The lowest BCUT2D eigenvalue weighted by Crippen LogP contribution is -2.46. The van der Waals surface area contributed by atoms with Gasteiger partial charge in [0.25, 0.3) is 0 Å². The fourth-order valence-corrected chi connectivity index (χ4v) is 3.05. The molecule has 18 heavy (non-hydrogen) atoms. The third kappa shape index (κ3) is 2.00. The Morgan fingerprint density at radius 3 is 2.56 bits per heavy atom. The monoisotopic (exact) mass is 253 g/mol. The Bertz CT molecular complexity index is 363. The van der Waals surface area contributed by atoms with Gasteiger partial charge in [0, 0.05) is 19.6 Å². The summed E-state index contributed by atoms with van der Waals surface area (Å²) in [7, 11) is 0. The van der Waals surface area contributed by atoms with Gasteiger partial charge in [-0.1, -0.05) is 6.92 Å². The summed E-state index contributed by atoms with van der Waals surface area (Å²) in [6.45, 7) is 6.71. The first-order chi connectivity index (χ1) is 8.43. The molecule has 102 valence electrons. The minimum Gasteiger partial charge on any atom is -0.369 e.